The predicted octanol–water partition coefficient (Wildman–Crippen LogP) is 11.3. The Morgan fingerprint density at radius 1 is 0.426 bits per heavy atom. The van der Waals surface area contributed by atoms with Gasteiger partial charge in [-0.1, -0.05) is 120 Å². The van der Waals surface area contributed by atoms with Gasteiger partial charge in [-0.3, -0.25) is 0 Å². The lowest BCUT2D eigenvalue weighted by molar-refractivity contribution is 0.668. The van der Waals surface area contributed by atoms with Crippen molar-refractivity contribution in [1.29, 1.82) is 0 Å². The third-order valence-electron chi connectivity index (χ3n) is 11.3. The van der Waals surface area contributed by atoms with E-state index in [-0.39, 0.29) is 0 Å². The zero-order chi connectivity index (χ0) is 36.0. The van der Waals surface area contributed by atoms with Crippen LogP contribution in [0.15, 0.2) is 185 Å². The molecule has 0 saturated heterocycles. The number of aryl methyl sites for hydroxylation is 1. The standard InChI is InChI=1S/C49H32ClNO2Si/c1-31-11-5-10-18-47(31)54(36-12-3-2-4-13-36)48-27-32(50)19-23-39(48)40-24-20-35(30-49(40)54)51(33-21-25-45-41(28-33)37-14-6-8-16-43(37)52-45)34-22-26-46-42(29-34)38-15-7-9-17-44(38)53-46/h2-30H,1H3. The summed E-state index contributed by atoms with van der Waals surface area (Å²) in [6.45, 7) is 2.25. The second-order valence-corrected chi connectivity index (χ2v) is 18.4. The van der Waals surface area contributed by atoms with Crippen LogP contribution < -0.4 is 25.6 Å². The molecule has 1 aliphatic rings. The molecule has 5 heteroatoms. The molecule has 8 aromatic carbocycles. The Morgan fingerprint density at radius 2 is 0.926 bits per heavy atom. The molecule has 1 atom stereocenters. The first-order valence-electron chi connectivity index (χ1n) is 18.3. The van der Waals surface area contributed by atoms with E-state index in [4.69, 9.17) is 20.4 Å². The molecule has 1 aliphatic heterocycles. The predicted molar refractivity (Wildman–Crippen MR) is 228 cm³/mol. The van der Waals surface area contributed by atoms with E-state index in [1.165, 1.54) is 37.4 Å². The number of anilines is 3. The Morgan fingerprint density at radius 3 is 1.57 bits per heavy atom. The minimum atomic E-state index is -2.86. The highest BCUT2D eigenvalue weighted by Gasteiger charge is 2.49. The van der Waals surface area contributed by atoms with Gasteiger partial charge < -0.3 is 13.7 Å². The van der Waals surface area contributed by atoms with Crippen LogP contribution in [0.25, 0.3) is 55.0 Å². The highest BCUT2D eigenvalue weighted by molar-refractivity contribution is 7.22. The van der Waals surface area contributed by atoms with Gasteiger partial charge in [0.05, 0.1) is 0 Å². The maximum atomic E-state index is 6.91. The molecule has 54 heavy (non-hydrogen) atoms. The van der Waals surface area contributed by atoms with E-state index < -0.39 is 8.07 Å². The molecule has 2 aromatic heterocycles. The summed E-state index contributed by atoms with van der Waals surface area (Å²) in [5.74, 6) is 0. The van der Waals surface area contributed by atoms with Crippen LogP contribution in [0.5, 0.6) is 0 Å². The van der Waals surface area contributed by atoms with Crippen LogP contribution in [-0.2, 0) is 0 Å². The largest absolute Gasteiger partial charge is 0.456 e. The second kappa shape index (κ2) is 11.8. The van der Waals surface area contributed by atoms with E-state index in [0.717, 1.165) is 66.0 Å². The van der Waals surface area contributed by atoms with E-state index >= 15 is 0 Å². The third-order valence-corrected chi connectivity index (χ3v) is 16.6. The van der Waals surface area contributed by atoms with Gasteiger partial charge in [-0.15, -0.1) is 0 Å². The maximum absolute atomic E-state index is 6.91. The smallest absolute Gasteiger partial charge is 0.181 e. The zero-order valence-corrected chi connectivity index (χ0v) is 31.1. The normalized spacial score (nSPS) is 14.9. The minimum Gasteiger partial charge on any atom is -0.456 e. The van der Waals surface area contributed by atoms with Crippen molar-refractivity contribution in [1.82, 2.24) is 0 Å². The molecule has 11 rings (SSSR count). The minimum absolute atomic E-state index is 0.756. The first-order valence-corrected chi connectivity index (χ1v) is 20.6. The Hall–Kier alpha value is -6.33. The number of rotatable bonds is 5. The van der Waals surface area contributed by atoms with Gasteiger partial charge in [0.25, 0.3) is 0 Å². The number of halogens is 1. The fraction of sp³-hybridized carbons (Fsp3) is 0.0204. The lowest BCUT2D eigenvalue weighted by Gasteiger charge is -2.34. The van der Waals surface area contributed by atoms with Crippen molar-refractivity contribution in [2.24, 2.45) is 0 Å². The fourth-order valence-electron chi connectivity index (χ4n) is 9.02. The van der Waals surface area contributed by atoms with Crippen LogP contribution in [-0.4, -0.2) is 8.07 Å². The molecule has 0 aliphatic carbocycles. The molecule has 10 aromatic rings. The molecular formula is C49H32ClNO2Si. The van der Waals surface area contributed by atoms with Gasteiger partial charge in [0, 0.05) is 43.6 Å². The molecule has 0 amide bonds. The van der Waals surface area contributed by atoms with Gasteiger partial charge >= 0.3 is 0 Å². The van der Waals surface area contributed by atoms with Gasteiger partial charge in [-0.2, -0.15) is 0 Å². The SMILES string of the molecule is Cc1ccccc1[Si]1(c2ccccc2)c2cc(Cl)ccc2-c2ccc(N(c3ccc4oc5ccccc5c4c3)c3ccc4oc5ccccc5c4c3)cc21. The van der Waals surface area contributed by atoms with E-state index in [2.05, 4.69) is 157 Å². The number of para-hydroxylation sites is 2. The molecule has 3 heterocycles. The van der Waals surface area contributed by atoms with Crippen LogP contribution in [0.2, 0.25) is 5.02 Å². The molecule has 0 fully saturated rings. The molecule has 256 valence electrons. The van der Waals surface area contributed by atoms with Crippen molar-refractivity contribution in [2.75, 3.05) is 4.90 Å². The number of furan rings is 2. The van der Waals surface area contributed by atoms with Crippen molar-refractivity contribution in [3.63, 3.8) is 0 Å². The summed E-state index contributed by atoms with van der Waals surface area (Å²) in [5, 5.41) is 10.5. The molecule has 0 spiro atoms. The Bertz CT molecular complexity index is 2990. The Labute approximate surface area is 318 Å². The molecule has 0 saturated carbocycles. The van der Waals surface area contributed by atoms with E-state index in [1.807, 2.05) is 30.3 Å². The highest BCUT2D eigenvalue weighted by Crippen LogP contribution is 2.42. The number of benzene rings is 8. The number of hydrogen-bond acceptors (Lipinski definition) is 3. The monoisotopic (exact) mass is 729 g/mol. The summed E-state index contributed by atoms with van der Waals surface area (Å²) in [7, 11) is -2.86. The summed E-state index contributed by atoms with van der Waals surface area (Å²) in [4.78, 5) is 2.39. The molecule has 0 radical (unpaired) electrons. The topological polar surface area (TPSA) is 29.5 Å². The lowest BCUT2D eigenvalue weighted by atomic mass is 10.0. The molecule has 1 unspecified atom stereocenters. The van der Waals surface area contributed by atoms with Crippen LogP contribution in [0, 0.1) is 6.92 Å². The zero-order valence-electron chi connectivity index (χ0n) is 29.4. The van der Waals surface area contributed by atoms with Crippen LogP contribution in [0.4, 0.5) is 17.1 Å². The average molecular weight is 730 g/mol. The van der Waals surface area contributed by atoms with Crippen LogP contribution >= 0.6 is 11.6 Å². The summed E-state index contributed by atoms with van der Waals surface area (Å²) < 4.78 is 12.6. The van der Waals surface area contributed by atoms with Crippen LogP contribution in [0.1, 0.15) is 5.56 Å². The molecule has 3 nitrogen and oxygen atoms in total. The van der Waals surface area contributed by atoms with E-state index in [0.29, 0.717) is 0 Å². The number of fused-ring (bicyclic) bond motifs is 9. The summed E-state index contributed by atoms with van der Waals surface area (Å²) in [6.07, 6.45) is 0. The van der Waals surface area contributed by atoms with Crippen LogP contribution in [0.3, 0.4) is 0 Å². The Kier molecular flexibility index (Phi) is 6.84. The highest BCUT2D eigenvalue weighted by atomic mass is 35.5. The number of nitrogens with zero attached hydrogens (tertiary/aromatic N) is 1. The number of hydrogen-bond donors (Lipinski definition) is 0. The first kappa shape index (κ1) is 31.2. The molecule has 0 bridgehead atoms. The van der Waals surface area contributed by atoms with Crippen molar-refractivity contribution in [3.8, 4) is 11.1 Å². The Balaban J connectivity index is 1.22. The third kappa shape index (κ3) is 4.48. The average Bonchev–Trinajstić information content (AvgIpc) is 3.86. The van der Waals surface area contributed by atoms with E-state index in [9.17, 15) is 0 Å². The maximum Gasteiger partial charge on any atom is 0.181 e. The van der Waals surface area contributed by atoms with Crippen molar-refractivity contribution in [2.45, 2.75) is 6.92 Å². The van der Waals surface area contributed by atoms with Gasteiger partial charge in [0.2, 0.25) is 0 Å². The summed E-state index contributed by atoms with van der Waals surface area (Å²) in [5.41, 5.74) is 10.5. The molecular weight excluding hydrogens is 698 g/mol. The fourth-order valence-corrected chi connectivity index (χ4v) is 14.8. The first-order chi connectivity index (χ1) is 26.6. The van der Waals surface area contributed by atoms with Gasteiger partial charge in [-0.05, 0) is 112 Å². The van der Waals surface area contributed by atoms with Gasteiger partial charge in [0.15, 0.2) is 8.07 Å². The van der Waals surface area contributed by atoms with Crippen molar-refractivity contribution >= 4 is 101 Å². The summed E-state index contributed by atoms with van der Waals surface area (Å²) in [6, 6.07) is 63.2. The quantitative estimate of drug-likeness (QED) is 0.165. The van der Waals surface area contributed by atoms with Crippen molar-refractivity contribution < 1.29 is 8.83 Å². The summed E-state index contributed by atoms with van der Waals surface area (Å²) >= 11 is 6.91. The van der Waals surface area contributed by atoms with Gasteiger partial charge in [0.1, 0.15) is 22.3 Å². The van der Waals surface area contributed by atoms with E-state index in [1.54, 1.807) is 0 Å². The second-order valence-electron chi connectivity index (χ2n) is 14.2. The van der Waals surface area contributed by atoms with Crippen molar-refractivity contribution in [3.05, 3.63) is 187 Å². The molecule has 0 N–H and O–H groups in total. The lowest BCUT2D eigenvalue weighted by Crippen LogP contribution is -2.73. The van der Waals surface area contributed by atoms with Gasteiger partial charge in [-0.25, -0.2) is 0 Å².